The fraction of sp³-hybridized carbons (Fsp3) is 0. The largest absolute Gasteiger partial charge is 0.298 e. The summed E-state index contributed by atoms with van der Waals surface area (Å²) in [6, 6.07) is 12.1. The molecule has 0 aliphatic heterocycles. The SMILES string of the molecule is O=C(/C=C/c1cccs1)Nc1nc(-c2ccc(I)cc2)cs1. The van der Waals surface area contributed by atoms with E-state index in [-0.39, 0.29) is 5.91 Å². The van der Waals surface area contributed by atoms with Crippen molar-refractivity contribution in [2.24, 2.45) is 0 Å². The number of carbonyl (C=O) groups is 1. The second kappa shape index (κ2) is 7.17. The smallest absolute Gasteiger partial charge is 0.250 e. The minimum absolute atomic E-state index is 0.170. The van der Waals surface area contributed by atoms with Crippen LogP contribution in [0.2, 0.25) is 0 Å². The lowest BCUT2D eigenvalue weighted by Gasteiger charge is -1.97. The standard InChI is InChI=1S/C16H11IN2OS2/c17-12-5-3-11(4-6-12)14-10-22-16(18-14)19-15(20)8-7-13-2-1-9-21-13/h1-10H,(H,18,19,20)/b8-7+. The van der Waals surface area contributed by atoms with Crippen molar-refractivity contribution in [3.8, 4) is 11.3 Å². The Labute approximate surface area is 149 Å². The van der Waals surface area contributed by atoms with Crippen molar-refractivity contribution in [2.75, 3.05) is 5.32 Å². The van der Waals surface area contributed by atoms with E-state index in [9.17, 15) is 4.79 Å². The van der Waals surface area contributed by atoms with E-state index in [1.807, 2.05) is 47.2 Å². The van der Waals surface area contributed by atoms with Gasteiger partial charge in [-0.3, -0.25) is 10.1 Å². The van der Waals surface area contributed by atoms with Gasteiger partial charge in [-0.15, -0.1) is 22.7 Å². The Bertz CT molecular complexity index is 792. The number of rotatable bonds is 4. The highest BCUT2D eigenvalue weighted by molar-refractivity contribution is 14.1. The van der Waals surface area contributed by atoms with Gasteiger partial charge < -0.3 is 0 Å². The molecule has 0 atom stereocenters. The quantitative estimate of drug-likeness (QED) is 0.454. The van der Waals surface area contributed by atoms with Crippen LogP contribution < -0.4 is 5.32 Å². The van der Waals surface area contributed by atoms with Crippen molar-refractivity contribution in [3.63, 3.8) is 0 Å². The first-order valence-corrected chi connectivity index (χ1v) is 9.28. The predicted octanol–water partition coefficient (Wildman–Crippen LogP) is 5.13. The molecule has 3 aromatic rings. The summed E-state index contributed by atoms with van der Waals surface area (Å²) in [5.41, 5.74) is 1.92. The fourth-order valence-electron chi connectivity index (χ4n) is 1.78. The van der Waals surface area contributed by atoms with Crippen molar-refractivity contribution in [2.45, 2.75) is 0 Å². The van der Waals surface area contributed by atoms with E-state index < -0.39 is 0 Å². The van der Waals surface area contributed by atoms with Crippen molar-refractivity contribution >= 4 is 62.4 Å². The number of thiazole rings is 1. The van der Waals surface area contributed by atoms with Crippen molar-refractivity contribution in [1.29, 1.82) is 0 Å². The fourth-order valence-corrected chi connectivity index (χ4v) is 3.48. The summed E-state index contributed by atoms with van der Waals surface area (Å²) in [4.78, 5) is 17.4. The van der Waals surface area contributed by atoms with Crippen LogP contribution in [0.15, 0.2) is 53.2 Å². The van der Waals surface area contributed by atoms with E-state index in [0.717, 1.165) is 16.1 Å². The highest BCUT2D eigenvalue weighted by Crippen LogP contribution is 2.25. The number of halogens is 1. The summed E-state index contributed by atoms with van der Waals surface area (Å²) < 4.78 is 1.18. The topological polar surface area (TPSA) is 42.0 Å². The number of hydrogen-bond acceptors (Lipinski definition) is 4. The molecule has 2 aromatic heterocycles. The van der Waals surface area contributed by atoms with Crippen LogP contribution in [-0.2, 0) is 4.79 Å². The van der Waals surface area contributed by atoms with E-state index in [1.54, 1.807) is 17.4 Å². The molecule has 3 nitrogen and oxygen atoms in total. The highest BCUT2D eigenvalue weighted by Gasteiger charge is 2.06. The van der Waals surface area contributed by atoms with Crippen LogP contribution >= 0.6 is 45.3 Å². The third kappa shape index (κ3) is 4.02. The molecule has 0 spiro atoms. The first-order valence-electron chi connectivity index (χ1n) is 6.45. The molecule has 1 amide bonds. The Morgan fingerprint density at radius 2 is 2.00 bits per heavy atom. The van der Waals surface area contributed by atoms with E-state index in [0.29, 0.717) is 5.13 Å². The van der Waals surface area contributed by atoms with Gasteiger partial charge in [-0.2, -0.15) is 0 Å². The van der Waals surface area contributed by atoms with Gasteiger partial charge in [0, 0.05) is 25.5 Å². The first kappa shape index (κ1) is 15.4. The van der Waals surface area contributed by atoms with Crippen LogP contribution in [0.3, 0.4) is 0 Å². The number of anilines is 1. The Morgan fingerprint density at radius 3 is 2.73 bits per heavy atom. The lowest BCUT2D eigenvalue weighted by molar-refractivity contribution is -0.111. The molecule has 0 fully saturated rings. The minimum Gasteiger partial charge on any atom is -0.298 e. The van der Waals surface area contributed by atoms with Gasteiger partial charge in [0.15, 0.2) is 5.13 Å². The number of nitrogens with zero attached hydrogens (tertiary/aromatic N) is 1. The van der Waals surface area contributed by atoms with Crippen molar-refractivity contribution in [1.82, 2.24) is 4.98 Å². The third-order valence-electron chi connectivity index (χ3n) is 2.82. The van der Waals surface area contributed by atoms with E-state index in [1.165, 1.54) is 21.0 Å². The molecule has 3 rings (SSSR count). The average molecular weight is 438 g/mol. The zero-order chi connectivity index (χ0) is 15.4. The summed E-state index contributed by atoms with van der Waals surface area (Å²) in [5, 5.41) is 7.32. The molecule has 0 unspecified atom stereocenters. The predicted molar refractivity (Wildman–Crippen MR) is 102 cm³/mol. The van der Waals surface area contributed by atoms with Crippen LogP contribution in [0.5, 0.6) is 0 Å². The summed E-state index contributed by atoms with van der Waals surface area (Å²) in [6.45, 7) is 0. The van der Waals surface area contributed by atoms with Crippen LogP contribution in [0.1, 0.15) is 4.88 Å². The molecule has 0 aliphatic carbocycles. The number of nitrogens with one attached hydrogen (secondary N) is 1. The summed E-state index contributed by atoms with van der Waals surface area (Å²) in [7, 11) is 0. The normalized spacial score (nSPS) is 11.0. The molecule has 22 heavy (non-hydrogen) atoms. The van der Waals surface area contributed by atoms with E-state index in [2.05, 4.69) is 32.9 Å². The van der Waals surface area contributed by atoms with Crippen LogP contribution in [-0.4, -0.2) is 10.9 Å². The first-order chi connectivity index (χ1) is 10.7. The van der Waals surface area contributed by atoms with Gasteiger partial charge in [-0.1, -0.05) is 18.2 Å². The maximum atomic E-state index is 11.9. The molecule has 0 saturated heterocycles. The average Bonchev–Trinajstić information content (AvgIpc) is 3.17. The van der Waals surface area contributed by atoms with Crippen molar-refractivity contribution < 1.29 is 4.79 Å². The van der Waals surface area contributed by atoms with Gasteiger partial charge in [0.05, 0.1) is 5.69 Å². The maximum absolute atomic E-state index is 11.9. The zero-order valence-corrected chi connectivity index (χ0v) is 15.1. The van der Waals surface area contributed by atoms with E-state index in [4.69, 9.17) is 0 Å². The Balaban J connectivity index is 1.66. The van der Waals surface area contributed by atoms with Crippen molar-refractivity contribution in [3.05, 3.63) is 61.7 Å². The molecule has 0 radical (unpaired) electrons. The highest BCUT2D eigenvalue weighted by atomic mass is 127. The number of carbonyl (C=O) groups excluding carboxylic acids is 1. The number of amides is 1. The van der Waals surface area contributed by atoms with Gasteiger partial charge in [0.2, 0.25) is 5.91 Å². The maximum Gasteiger partial charge on any atom is 0.250 e. The molecule has 0 aliphatic rings. The van der Waals surface area contributed by atoms with E-state index >= 15 is 0 Å². The second-order valence-electron chi connectivity index (χ2n) is 4.38. The van der Waals surface area contributed by atoms with Gasteiger partial charge in [-0.25, -0.2) is 4.98 Å². The van der Waals surface area contributed by atoms with Gasteiger partial charge >= 0.3 is 0 Å². The summed E-state index contributed by atoms with van der Waals surface area (Å²) in [6.07, 6.45) is 3.32. The van der Waals surface area contributed by atoms with Crippen LogP contribution in [0.4, 0.5) is 5.13 Å². The molecule has 110 valence electrons. The molecular formula is C16H11IN2OS2. The molecule has 1 aromatic carbocycles. The number of benzene rings is 1. The number of hydrogen-bond donors (Lipinski definition) is 1. The van der Waals surface area contributed by atoms with Gasteiger partial charge in [-0.05, 0) is 52.2 Å². The van der Waals surface area contributed by atoms with Gasteiger partial charge in [0.1, 0.15) is 0 Å². The molecular weight excluding hydrogens is 427 g/mol. The summed E-state index contributed by atoms with van der Waals surface area (Å²) >= 11 is 5.29. The zero-order valence-electron chi connectivity index (χ0n) is 11.3. The Kier molecular flexibility index (Phi) is 5.01. The van der Waals surface area contributed by atoms with Crippen LogP contribution in [0.25, 0.3) is 17.3 Å². The lowest BCUT2D eigenvalue weighted by Crippen LogP contribution is -2.07. The number of thiophene rings is 1. The molecule has 2 heterocycles. The summed E-state index contributed by atoms with van der Waals surface area (Å²) in [5.74, 6) is -0.170. The second-order valence-corrected chi connectivity index (χ2v) is 7.47. The van der Waals surface area contributed by atoms with Gasteiger partial charge in [0.25, 0.3) is 0 Å². The molecule has 0 saturated carbocycles. The minimum atomic E-state index is -0.170. The van der Waals surface area contributed by atoms with Crippen LogP contribution in [0, 0.1) is 3.57 Å². The Morgan fingerprint density at radius 1 is 1.18 bits per heavy atom. The molecule has 0 bridgehead atoms. The molecule has 1 N–H and O–H groups in total. The third-order valence-corrected chi connectivity index (χ3v) is 5.13. The number of aromatic nitrogens is 1. The lowest BCUT2D eigenvalue weighted by atomic mass is 10.2. The Hall–Kier alpha value is -1.51. The monoisotopic (exact) mass is 438 g/mol. The molecule has 6 heteroatoms.